The second-order valence-electron chi connectivity index (χ2n) is 3.79. The van der Waals surface area contributed by atoms with Gasteiger partial charge in [-0.15, -0.1) is 11.3 Å². The number of hydrogen-bond donors (Lipinski definition) is 1. The van der Waals surface area contributed by atoms with Gasteiger partial charge < -0.3 is 5.32 Å². The summed E-state index contributed by atoms with van der Waals surface area (Å²) >= 11 is 12.5. The lowest BCUT2D eigenvalue weighted by Crippen LogP contribution is -2.22. The molecule has 1 N–H and O–H groups in total. The SMILES string of the molecule is CCNC(c1ccccc1Br)c1cc(Br)sc1Br. The van der Waals surface area contributed by atoms with Crippen LogP contribution in [0.4, 0.5) is 0 Å². The van der Waals surface area contributed by atoms with Crippen molar-refractivity contribution in [3.05, 3.63) is 53.5 Å². The van der Waals surface area contributed by atoms with Crippen LogP contribution >= 0.6 is 59.1 Å². The van der Waals surface area contributed by atoms with Crippen LogP contribution in [0.15, 0.2) is 42.4 Å². The Morgan fingerprint density at radius 2 is 1.89 bits per heavy atom. The molecule has 1 nitrogen and oxygen atoms in total. The number of nitrogens with one attached hydrogen (secondary N) is 1. The molecule has 0 saturated carbocycles. The lowest BCUT2D eigenvalue weighted by molar-refractivity contribution is 0.628. The van der Waals surface area contributed by atoms with E-state index < -0.39 is 0 Å². The maximum atomic E-state index is 3.64. The van der Waals surface area contributed by atoms with Gasteiger partial charge in [-0.25, -0.2) is 0 Å². The normalized spacial score (nSPS) is 12.7. The predicted molar refractivity (Wildman–Crippen MR) is 89.4 cm³/mol. The number of halogens is 3. The van der Waals surface area contributed by atoms with Crippen LogP contribution in [0, 0.1) is 0 Å². The summed E-state index contributed by atoms with van der Waals surface area (Å²) in [4.78, 5) is 0. The van der Waals surface area contributed by atoms with E-state index in [1.165, 1.54) is 11.1 Å². The van der Waals surface area contributed by atoms with Crippen molar-refractivity contribution in [3.8, 4) is 0 Å². The predicted octanol–water partition coefficient (Wildman–Crippen LogP) is 5.73. The highest BCUT2D eigenvalue weighted by molar-refractivity contribution is 9.12. The van der Waals surface area contributed by atoms with Crippen LogP contribution < -0.4 is 5.32 Å². The molecule has 1 unspecified atom stereocenters. The quantitative estimate of drug-likeness (QED) is 0.622. The Kier molecular flexibility index (Phi) is 5.45. The number of rotatable bonds is 4. The second-order valence-corrected chi connectivity index (χ2v) is 8.40. The van der Waals surface area contributed by atoms with Gasteiger partial charge in [0, 0.05) is 4.47 Å². The third-order valence-electron chi connectivity index (χ3n) is 2.62. The molecule has 2 aromatic rings. The largest absolute Gasteiger partial charge is 0.306 e. The average Bonchev–Trinajstić information content (AvgIpc) is 2.66. The molecule has 0 saturated heterocycles. The van der Waals surface area contributed by atoms with E-state index in [0.29, 0.717) is 0 Å². The van der Waals surface area contributed by atoms with Crippen molar-refractivity contribution in [2.45, 2.75) is 13.0 Å². The monoisotopic (exact) mass is 451 g/mol. The topological polar surface area (TPSA) is 12.0 Å². The van der Waals surface area contributed by atoms with E-state index in [2.05, 4.69) is 84.3 Å². The van der Waals surface area contributed by atoms with E-state index in [9.17, 15) is 0 Å². The Morgan fingerprint density at radius 1 is 1.17 bits per heavy atom. The second kappa shape index (κ2) is 6.66. The fourth-order valence-corrected chi connectivity index (χ4v) is 5.27. The molecule has 0 aliphatic heterocycles. The smallest absolute Gasteiger partial charge is 0.0761 e. The average molecular weight is 454 g/mol. The van der Waals surface area contributed by atoms with E-state index in [1.54, 1.807) is 11.3 Å². The lowest BCUT2D eigenvalue weighted by atomic mass is 10.0. The third kappa shape index (κ3) is 3.25. The highest BCUT2D eigenvalue weighted by Crippen LogP contribution is 2.39. The summed E-state index contributed by atoms with van der Waals surface area (Å²) in [6.45, 7) is 3.05. The highest BCUT2D eigenvalue weighted by atomic mass is 79.9. The molecule has 0 fully saturated rings. The molecule has 1 heterocycles. The third-order valence-corrected chi connectivity index (χ3v) is 5.73. The summed E-state index contributed by atoms with van der Waals surface area (Å²) in [7, 11) is 0. The van der Waals surface area contributed by atoms with E-state index in [4.69, 9.17) is 0 Å². The first kappa shape index (κ1) is 14.7. The van der Waals surface area contributed by atoms with Gasteiger partial charge in [0.1, 0.15) is 0 Å². The minimum absolute atomic E-state index is 0.197. The zero-order chi connectivity index (χ0) is 13.1. The van der Waals surface area contributed by atoms with E-state index in [1.807, 2.05) is 6.07 Å². The summed E-state index contributed by atoms with van der Waals surface area (Å²) in [6.07, 6.45) is 0. The van der Waals surface area contributed by atoms with Crippen molar-refractivity contribution in [2.24, 2.45) is 0 Å². The van der Waals surface area contributed by atoms with Crippen molar-refractivity contribution < 1.29 is 0 Å². The Bertz CT molecular complexity index is 539. The first-order valence-electron chi connectivity index (χ1n) is 5.56. The molecule has 0 amide bonds. The molecule has 96 valence electrons. The molecule has 0 bridgehead atoms. The van der Waals surface area contributed by atoms with Crippen LogP contribution in [0.5, 0.6) is 0 Å². The lowest BCUT2D eigenvalue weighted by Gasteiger charge is -2.19. The molecule has 1 aromatic carbocycles. The minimum atomic E-state index is 0.197. The summed E-state index contributed by atoms with van der Waals surface area (Å²) < 4.78 is 3.43. The van der Waals surface area contributed by atoms with Crippen molar-refractivity contribution in [2.75, 3.05) is 6.54 Å². The van der Waals surface area contributed by atoms with Crippen LogP contribution in [0.2, 0.25) is 0 Å². The number of thiophene rings is 1. The maximum Gasteiger partial charge on any atom is 0.0761 e. The van der Waals surface area contributed by atoms with Crippen LogP contribution in [0.3, 0.4) is 0 Å². The Hall–Kier alpha value is 0.320. The Morgan fingerprint density at radius 3 is 2.44 bits per heavy atom. The minimum Gasteiger partial charge on any atom is -0.306 e. The molecular formula is C13H12Br3NS. The molecule has 0 spiro atoms. The van der Waals surface area contributed by atoms with Gasteiger partial charge in [-0.2, -0.15) is 0 Å². The van der Waals surface area contributed by atoms with Crippen LogP contribution in [-0.4, -0.2) is 6.54 Å². The molecule has 1 atom stereocenters. The standard InChI is InChI=1S/C13H12Br3NS/c1-2-17-12(8-5-3-4-6-10(8)14)9-7-11(15)18-13(9)16/h3-7,12,17H,2H2,1H3. The molecule has 0 aliphatic rings. The van der Waals surface area contributed by atoms with Crippen molar-refractivity contribution in [1.29, 1.82) is 0 Å². The molecular weight excluding hydrogens is 442 g/mol. The highest BCUT2D eigenvalue weighted by Gasteiger charge is 2.20. The van der Waals surface area contributed by atoms with Crippen LogP contribution in [0.25, 0.3) is 0 Å². The van der Waals surface area contributed by atoms with E-state index >= 15 is 0 Å². The van der Waals surface area contributed by atoms with E-state index in [0.717, 1.165) is 18.6 Å². The summed E-state index contributed by atoms with van der Waals surface area (Å²) in [5.74, 6) is 0. The summed E-state index contributed by atoms with van der Waals surface area (Å²) in [5.41, 5.74) is 2.52. The van der Waals surface area contributed by atoms with Gasteiger partial charge in [0.05, 0.1) is 13.6 Å². The molecule has 0 aliphatic carbocycles. The molecule has 18 heavy (non-hydrogen) atoms. The number of hydrogen-bond acceptors (Lipinski definition) is 2. The van der Waals surface area contributed by atoms with Gasteiger partial charge in [0.25, 0.3) is 0 Å². The van der Waals surface area contributed by atoms with Crippen molar-refractivity contribution in [1.82, 2.24) is 5.32 Å². The molecule has 1 aromatic heterocycles. The van der Waals surface area contributed by atoms with Gasteiger partial charge in [0.2, 0.25) is 0 Å². The van der Waals surface area contributed by atoms with Crippen molar-refractivity contribution >= 4 is 59.1 Å². The molecule has 2 rings (SSSR count). The van der Waals surface area contributed by atoms with Crippen LogP contribution in [-0.2, 0) is 0 Å². The van der Waals surface area contributed by atoms with Crippen LogP contribution in [0.1, 0.15) is 24.1 Å². The zero-order valence-corrected chi connectivity index (χ0v) is 15.3. The first-order chi connectivity index (χ1) is 8.63. The van der Waals surface area contributed by atoms with Crippen molar-refractivity contribution in [3.63, 3.8) is 0 Å². The molecule has 0 radical (unpaired) electrons. The Balaban J connectivity index is 2.46. The Labute approximate surface area is 136 Å². The maximum absolute atomic E-state index is 3.64. The fourth-order valence-electron chi connectivity index (χ4n) is 1.85. The fraction of sp³-hybridized carbons (Fsp3) is 0.231. The summed E-state index contributed by atoms with van der Waals surface area (Å²) in [6, 6.07) is 10.7. The summed E-state index contributed by atoms with van der Waals surface area (Å²) in [5, 5.41) is 3.54. The number of benzene rings is 1. The van der Waals surface area contributed by atoms with E-state index in [-0.39, 0.29) is 6.04 Å². The zero-order valence-electron chi connectivity index (χ0n) is 9.71. The van der Waals surface area contributed by atoms with Gasteiger partial charge in [0.15, 0.2) is 0 Å². The first-order valence-corrected chi connectivity index (χ1v) is 8.75. The van der Waals surface area contributed by atoms with Gasteiger partial charge >= 0.3 is 0 Å². The van der Waals surface area contributed by atoms with Gasteiger partial charge in [-0.1, -0.05) is 41.1 Å². The molecule has 5 heteroatoms. The van der Waals surface area contributed by atoms with Gasteiger partial charge in [-0.05, 0) is 61.7 Å². The van der Waals surface area contributed by atoms with Gasteiger partial charge in [-0.3, -0.25) is 0 Å².